The van der Waals surface area contributed by atoms with Crippen LogP contribution in [0.25, 0.3) is 0 Å². The summed E-state index contributed by atoms with van der Waals surface area (Å²) in [6.45, 7) is 0. The molecular weight excluding hydrogens is 483 g/mol. The minimum Gasteiger partial charge on any atom is -0.352 e. The van der Waals surface area contributed by atoms with Gasteiger partial charge in [-0.15, -0.1) is 0 Å². The maximum absolute atomic E-state index is 13.1. The van der Waals surface area contributed by atoms with Crippen molar-refractivity contribution in [3.05, 3.63) is 69.7 Å². The lowest BCUT2D eigenvalue weighted by atomic mass is 9.71. The summed E-state index contributed by atoms with van der Waals surface area (Å²) in [4.78, 5) is 25.3. The van der Waals surface area contributed by atoms with Gasteiger partial charge < -0.3 is 5.32 Å². The van der Waals surface area contributed by atoms with Gasteiger partial charge in [-0.1, -0.05) is 47.5 Å². The molecule has 2 amide bonds. The van der Waals surface area contributed by atoms with E-state index in [4.69, 9.17) is 23.2 Å². The standard InChI is InChI=1S/C24H26Cl2N2O4S/c1-33(31,32)28-21(29)13-17-12-20(16-3-2-4-19(26)11-16)23(27-24(17)30)22(14-5-6-14)15-7-9-18(25)10-8-15/h2-4,7-11,14,17,20,22-23H,5-6,12-13H2,1H3,(H,27,30)(H,28,29). The van der Waals surface area contributed by atoms with Gasteiger partial charge in [0.2, 0.25) is 21.8 Å². The quantitative estimate of drug-likeness (QED) is 0.584. The normalized spacial score (nSPS) is 24.1. The first-order chi connectivity index (χ1) is 15.6. The van der Waals surface area contributed by atoms with E-state index < -0.39 is 21.8 Å². The lowest BCUT2D eigenvalue weighted by Crippen LogP contribution is -2.52. The van der Waals surface area contributed by atoms with Crippen LogP contribution in [0, 0.1) is 11.8 Å². The van der Waals surface area contributed by atoms with Crippen LogP contribution in [0.15, 0.2) is 48.5 Å². The van der Waals surface area contributed by atoms with E-state index in [1.165, 1.54) is 0 Å². The number of hydrogen-bond donors (Lipinski definition) is 2. The summed E-state index contributed by atoms with van der Waals surface area (Å²) in [6, 6.07) is 15.1. The van der Waals surface area contributed by atoms with Crippen LogP contribution in [0.3, 0.4) is 0 Å². The second kappa shape index (κ2) is 9.65. The van der Waals surface area contributed by atoms with Crippen LogP contribution in [0.1, 0.15) is 48.6 Å². The number of piperidine rings is 1. The molecule has 1 aliphatic heterocycles. The highest BCUT2D eigenvalue weighted by Gasteiger charge is 2.46. The van der Waals surface area contributed by atoms with Gasteiger partial charge in [0.05, 0.1) is 6.26 Å². The van der Waals surface area contributed by atoms with Crippen molar-refractivity contribution in [2.45, 2.75) is 43.6 Å². The van der Waals surface area contributed by atoms with Gasteiger partial charge in [0, 0.05) is 40.3 Å². The first-order valence-electron chi connectivity index (χ1n) is 10.9. The van der Waals surface area contributed by atoms with Crippen molar-refractivity contribution in [3.63, 3.8) is 0 Å². The highest BCUT2D eigenvalue weighted by atomic mass is 35.5. The molecule has 1 saturated carbocycles. The summed E-state index contributed by atoms with van der Waals surface area (Å²) < 4.78 is 24.8. The molecule has 6 nitrogen and oxygen atoms in total. The monoisotopic (exact) mass is 508 g/mol. The Balaban J connectivity index is 1.66. The fraction of sp³-hybridized carbons (Fsp3) is 0.417. The van der Waals surface area contributed by atoms with Gasteiger partial charge in [0.1, 0.15) is 0 Å². The molecule has 1 saturated heterocycles. The first kappa shape index (κ1) is 24.0. The molecule has 2 fully saturated rings. The fourth-order valence-electron chi connectivity index (χ4n) is 4.92. The summed E-state index contributed by atoms with van der Waals surface area (Å²) >= 11 is 12.4. The summed E-state index contributed by atoms with van der Waals surface area (Å²) in [5.41, 5.74) is 2.10. The Bertz CT molecular complexity index is 1150. The van der Waals surface area contributed by atoms with E-state index in [2.05, 4.69) is 5.32 Å². The van der Waals surface area contributed by atoms with Crippen LogP contribution in [0.2, 0.25) is 10.0 Å². The number of carbonyl (C=O) groups is 2. The van der Waals surface area contributed by atoms with E-state index >= 15 is 0 Å². The van der Waals surface area contributed by atoms with Gasteiger partial charge in [0.15, 0.2) is 0 Å². The number of amides is 2. The molecule has 2 N–H and O–H groups in total. The molecule has 0 spiro atoms. The van der Waals surface area contributed by atoms with E-state index in [1.807, 2.05) is 47.2 Å². The van der Waals surface area contributed by atoms with Gasteiger partial charge in [-0.05, 0) is 60.6 Å². The third kappa shape index (κ3) is 6.08. The predicted octanol–water partition coefficient (Wildman–Crippen LogP) is 4.24. The molecule has 4 unspecified atom stereocenters. The first-order valence-corrected chi connectivity index (χ1v) is 13.6. The molecule has 1 aliphatic carbocycles. The maximum atomic E-state index is 13.1. The van der Waals surface area contributed by atoms with E-state index in [0.717, 1.165) is 30.2 Å². The lowest BCUT2D eigenvalue weighted by molar-refractivity contribution is -0.132. The minimum atomic E-state index is -3.69. The molecule has 4 atom stereocenters. The van der Waals surface area contributed by atoms with Gasteiger partial charge in [0.25, 0.3) is 0 Å². The highest BCUT2D eigenvalue weighted by molar-refractivity contribution is 7.89. The molecule has 0 bridgehead atoms. The smallest absolute Gasteiger partial charge is 0.234 e. The fourth-order valence-corrected chi connectivity index (χ4v) is 5.75. The van der Waals surface area contributed by atoms with Crippen molar-refractivity contribution in [1.82, 2.24) is 10.0 Å². The summed E-state index contributed by atoms with van der Waals surface area (Å²) in [7, 11) is -3.69. The SMILES string of the molecule is CS(=O)(=O)NC(=O)CC1CC(c2cccc(Cl)c2)C(C(c2ccc(Cl)cc2)C2CC2)NC1=O. The Kier molecular flexibility index (Phi) is 7.03. The number of rotatable bonds is 7. The van der Waals surface area contributed by atoms with E-state index in [9.17, 15) is 18.0 Å². The molecule has 176 valence electrons. The Morgan fingerprint density at radius 3 is 2.42 bits per heavy atom. The maximum Gasteiger partial charge on any atom is 0.234 e. The van der Waals surface area contributed by atoms with Crippen molar-refractivity contribution >= 4 is 45.0 Å². The van der Waals surface area contributed by atoms with Crippen molar-refractivity contribution in [2.75, 3.05) is 6.26 Å². The number of carbonyl (C=O) groups excluding carboxylic acids is 2. The Morgan fingerprint density at radius 1 is 1.12 bits per heavy atom. The molecule has 0 aromatic heterocycles. The van der Waals surface area contributed by atoms with Crippen molar-refractivity contribution < 1.29 is 18.0 Å². The van der Waals surface area contributed by atoms with Crippen molar-refractivity contribution in [3.8, 4) is 0 Å². The molecule has 2 aromatic carbocycles. The lowest BCUT2D eigenvalue weighted by Gasteiger charge is -2.41. The van der Waals surface area contributed by atoms with E-state index in [-0.39, 0.29) is 30.2 Å². The molecule has 9 heteroatoms. The summed E-state index contributed by atoms with van der Waals surface area (Å²) in [5, 5.41) is 4.45. The van der Waals surface area contributed by atoms with Gasteiger partial charge in [-0.2, -0.15) is 0 Å². The number of nitrogens with one attached hydrogen (secondary N) is 2. The molecule has 2 aliphatic rings. The Morgan fingerprint density at radius 2 is 1.82 bits per heavy atom. The van der Waals surface area contributed by atoms with Crippen LogP contribution in [0.5, 0.6) is 0 Å². The summed E-state index contributed by atoms with van der Waals surface area (Å²) in [6.07, 6.45) is 3.32. The zero-order valence-corrected chi connectivity index (χ0v) is 20.5. The zero-order valence-electron chi connectivity index (χ0n) is 18.1. The molecular formula is C24H26Cl2N2O4S. The highest BCUT2D eigenvalue weighted by Crippen LogP contribution is 2.50. The van der Waals surface area contributed by atoms with Gasteiger partial charge in [-0.3, -0.25) is 14.3 Å². The topological polar surface area (TPSA) is 92.3 Å². The number of hydrogen-bond acceptors (Lipinski definition) is 4. The Labute approximate surface area is 204 Å². The molecule has 1 heterocycles. The number of benzene rings is 2. The second-order valence-electron chi connectivity index (χ2n) is 9.04. The molecule has 4 rings (SSSR count). The van der Waals surface area contributed by atoms with Crippen molar-refractivity contribution in [1.29, 1.82) is 0 Å². The molecule has 2 aromatic rings. The average Bonchev–Trinajstić information content (AvgIpc) is 3.55. The third-order valence-electron chi connectivity index (χ3n) is 6.43. The zero-order chi connectivity index (χ0) is 23.8. The van der Waals surface area contributed by atoms with Crippen molar-refractivity contribution in [2.24, 2.45) is 11.8 Å². The number of sulfonamides is 1. The molecule has 0 radical (unpaired) electrons. The van der Waals surface area contributed by atoms with Crippen LogP contribution in [-0.2, 0) is 19.6 Å². The van der Waals surface area contributed by atoms with E-state index in [1.54, 1.807) is 6.07 Å². The van der Waals surface area contributed by atoms with Gasteiger partial charge >= 0.3 is 0 Å². The predicted molar refractivity (Wildman–Crippen MR) is 129 cm³/mol. The van der Waals surface area contributed by atoms with Crippen LogP contribution in [0.4, 0.5) is 0 Å². The third-order valence-corrected chi connectivity index (χ3v) is 7.52. The van der Waals surface area contributed by atoms with E-state index in [0.29, 0.717) is 22.4 Å². The minimum absolute atomic E-state index is 0.0845. The van der Waals surface area contributed by atoms with Gasteiger partial charge in [-0.25, -0.2) is 8.42 Å². The summed E-state index contributed by atoms with van der Waals surface area (Å²) in [5.74, 6) is -1.10. The second-order valence-corrected chi connectivity index (χ2v) is 11.7. The Hall–Kier alpha value is -2.09. The molecule has 33 heavy (non-hydrogen) atoms. The number of halogens is 2. The van der Waals surface area contributed by atoms with Crippen LogP contribution < -0.4 is 10.0 Å². The largest absolute Gasteiger partial charge is 0.352 e. The van der Waals surface area contributed by atoms with Crippen LogP contribution in [-0.4, -0.2) is 32.5 Å². The average molecular weight is 509 g/mol. The van der Waals surface area contributed by atoms with Crippen LogP contribution >= 0.6 is 23.2 Å².